The van der Waals surface area contributed by atoms with E-state index in [1.54, 1.807) is 11.8 Å². The molecule has 0 radical (unpaired) electrons. The Kier molecular flexibility index (Phi) is 3.74. The summed E-state index contributed by atoms with van der Waals surface area (Å²) in [5, 5.41) is 4.41. The lowest BCUT2D eigenvalue weighted by atomic mass is 10.1. The summed E-state index contributed by atoms with van der Waals surface area (Å²) in [5.41, 5.74) is 8.77. The zero-order valence-corrected chi connectivity index (χ0v) is 14.0. The minimum absolute atomic E-state index is 0.121. The lowest BCUT2D eigenvalue weighted by Gasteiger charge is -2.24. The highest BCUT2D eigenvalue weighted by Crippen LogP contribution is 2.38. The second kappa shape index (κ2) is 5.09. The van der Waals surface area contributed by atoms with Gasteiger partial charge in [-0.05, 0) is 27.7 Å². The third-order valence-electron chi connectivity index (χ3n) is 3.57. The Morgan fingerprint density at radius 1 is 1.29 bits per heavy atom. The minimum Gasteiger partial charge on any atom is -0.481 e. The Balaban J connectivity index is 2.75. The van der Waals surface area contributed by atoms with Gasteiger partial charge in [0.15, 0.2) is 0 Å². The van der Waals surface area contributed by atoms with Gasteiger partial charge < -0.3 is 15.0 Å². The number of aromatic nitrogens is 4. The molecular formula is C15H25N5O. The zero-order valence-electron chi connectivity index (χ0n) is 14.0. The quantitative estimate of drug-likeness (QED) is 0.943. The molecule has 0 saturated carbocycles. The highest BCUT2D eigenvalue weighted by atomic mass is 16.5. The van der Waals surface area contributed by atoms with Gasteiger partial charge in [0.25, 0.3) is 0 Å². The van der Waals surface area contributed by atoms with Crippen molar-refractivity contribution in [2.75, 3.05) is 12.8 Å². The maximum absolute atomic E-state index is 6.41. The first-order valence-corrected chi connectivity index (χ1v) is 7.17. The van der Waals surface area contributed by atoms with E-state index in [4.69, 9.17) is 15.5 Å². The summed E-state index contributed by atoms with van der Waals surface area (Å²) in [6, 6.07) is 0. The normalized spacial score (nSPS) is 12.0. The van der Waals surface area contributed by atoms with Crippen LogP contribution in [0.15, 0.2) is 0 Å². The molecule has 2 aromatic rings. The van der Waals surface area contributed by atoms with E-state index in [1.807, 2.05) is 14.0 Å². The molecule has 6 heteroatoms. The zero-order chi connectivity index (χ0) is 15.9. The predicted molar refractivity (Wildman–Crippen MR) is 84.5 cm³/mol. The van der Waals surface area contributed by atoms with Crippen LogP contribution in [-0.2, 0) is 19.0 Å². The molecule has 2 aromatic heterocycles. The number of anilines is 1. The molecule has 2 heterocycles. The molecule has 2 N–H and O–H groups in total. The van der Waals surface area contributed by atoms with E-state index in [9.17, 15) is 0 Å². The van der Waals surface area contributed by atoms with Crippen LogP contribution in [0, 0.1) is 6.92 Å². The molecule has 0 saturated heterocycles. The molecule has 0 aliphatic heterocycles. The summed E-state index contributed by atoms with van der Waals surface area (Å²) >= 11 is 0. The van der Waals surface area contributed by atoms with Crippen LogP contribution < -0.4 is 10.5 Å². The first kappa shape index (κ1) is 15.4. The minimum atomic E-state index is -0.121. The molecule has 6 nitrogen and oxygen atoms in total. The third-order valence-corrected chi connectivity index (χ3v) is 3.57. The van der Waals surface area contributed by atoms with Crippen molar-refractivity contribution in [3.05, 3.63) is 11.5 Å². The monoisotopic (exact) mass is 291 g/mol. The molecule has 0 bridgehead atoms. The summed E-state index contributed by atoms with van der Waals surface area (Å²) in [5.74, 6) is 2.31. The van der Waals surface area contributed by atoms with Gasteiger partial charge in [0.1, 0.15) is 17.3 Å². The highest BCUT2D eigenvalue weighted by Gasteiger charge is 2.27. The molecule has 0 aromatic carbocycles. The van der Waals surface area contributed by atoms with Gasteiger partial charge in [0, 0.05) is 19.0 Å². The number of rotatable bonds is 3. The number of nitrogens with two attached hydrogens (primary N) is 1. The van der Waals surface area contributed by atoms with E-state index in [-0.39, 0.29) is 5.54 Å². The highest BCUT2D eigenvalue weighted by molar-refractivity contribution is 5.77. The number of imidazole rings is 1. The van der Waals surface area contributed by atoms with Crippen LogP contribution in [0.5, 0.6) is 5.88 Å². The van der Waals surface area contributed by atoms with Gasteiger partial charge in [-0.1, -0.05) is 6.92 Å². The van der Waals surface area contributed by atoms with Crippen molar-refractivity contribution >= 4 is 5.82 Å². The second-order valence-electron chi connectivity index (χ2n) is 6.21. The summed E-state index contributed by atoms with van der Waals surface area (Å²) in [6.07, 6.45) is 0.823. The molecule has 2 rings (SSSR count). The van der Waals surface area contributed by atoms with Crippen LogP contribution in [0.3, 0.4) is 0 Å². The van der Waals surface area contributed by atoms with E-state index in [0.717, 1.165) is 29.2 Å². The van der Waals surface area contributed by atoms with E-state index in [2.05, 4.69) is 37.4 Å². The topological polar surface area (TPSA) is 70.9 Å². The van der Waals surface area contributed by atoms with Crippen LogP contribution in [0.1, 0.15) is 39.2 Å². The van der Waals surface area contributed by atoms with E-state index in [0.29, 0.717) is 11.7 Å². The van der Waals surface area contributed by atoms with Crippen molar-refractivity contribution in [2.24, 2.45) is 7.05 Å². The number of ether oxygens (including phenoxy) is 1. The molecule has 116 valence electrons. The number of nitrogens with zero attached hydrogens (tertiary/aromatic N) is 4. The second-order valence-corrected chi connectivity index (χ2v) is 6.21. The molecular weight excluding hydrogens is 266 g/mol. The van der Waals surface area contributed by atoms with E-state index < -0.39 is 0 Å². The number of hydrogen-bond acceptors (Lipinski definition) is 4. The Bertz CT molecular complexity index is 661. The van der Waals surface area contributed by atoms with E-state index in [1.165, 1.54) is 0 Å². The van der Waals surface area contributed by atoms with Gasteiger partial charge in [0.05, 0.1) is 18.4 Å². The van der Waals surface area contributed by atoms with Crippen molar-refractivity contribution in [3.63, 3.8) is 0 Å². The Hall–Kier alpha value is -1.98. The molecule has 0 aliphatic rings. The fraction of sp³-hybridized carbons (Fsp3) is 0.600. The number of nitrogen functional groups attached to an aromatic ring is 1. The molecule has 0 atom stereocenters. The van der Waals surface area contributed by atoms with Crippen LogP contribution in [0.4, 0.5) is 5.82 Å². The SMILES string of the molecule is CCc1nc(-c2c(C)nn(C)c2OC)c(N)n1C(C)(C)C. The molecule has 0 amide bonds. The van der Waals surface area contributed by atoms with Gasteiger partial charge in [-0.25, -0.2) is 9.67 Å². The van der Waals surface area contributed by atoms with Gasteiger partial charge in [0.2, 0.25) is 5.88 Å². The van der Waals surface area contributed by atoms with Crippen LogP contribution in [0.25, 0.3) is 11.3 Å². The lowest BCUT2D eigenvalue weighted by Crippen LogP contribution is -2.25. The largest absolute Gasteiger partial charge is 0.481 e. The predicted octanol–water partition coefficient (Wildman–Crippen LogP) is 2.50. The number of aryl methyl sites for hydroxylation is 3. The Morgan fingerprint density at radius 2 is 1.90 bits per heavy atom. The Morgan fingerprint density at radius 3 is 2.33 bits per heavy atom. The first-order valence-electron chi connectivity index (χ1n) is 7.17. The average molecular weight is 291 g/mol. The number of hydrogen-bond donors (Lipinski definition) is 1. The fourth-order valence-electron chi connectivity index (χ4n) is 2.79. The average Bonchev–Trinajstić information content (AvgIpc) is 2.84. The smallest absolute Gasteiger partial charge is 0.221 e. The fourth-order valence-corrected chi connectivity index (χ4v) is 2.79. The van der Waals surface area contributed by atoms with Crippen molar-refractivity contribution in [2.45, 2.75) is 46.6 Å². The van der Waals surface area contributed by atoms with Crippen molar-refractivity contribution < 1.29 is 4.74 Å². The van der Waals surface area contributed by atoms with Gasteiger partial charge >= 0.3 is 0 Å². The standard InChI is InChI=1S/C15H25N5O/c1-8-10-17-12(13(16)20(10)15(3,4)5)11-9(2)18-19(6)14(11)21-7/h8,16H2,1-7H3. The summed E-state index contributed by atoms with van der Waals surface area (Å²) in [6.45, 7) is 10.4. The van der Waals surface area contributed by atoms with Gasteiger partial charge in [-0.15, -0.1) is 0 Å². The maximum Gasteiger partial charge on any atom is 0.221 e. The first-order chi connectivity index (χ1) is 9.72. The summed E-state index contributed by atoms with van der Waals surface area (Å²) in [4.78, 5) is 4.75. The molecule has 21 heavy (non-hydrogen) atoms. The molecule has 0 spiro atoms. The summed E-state index contributed by atoms with van der Waals surface area (Å²) in [7, 11) is 3.49. The molecule has 0 fully saturated rings. The van der Waals surface area contributed by atoms with Crippen LogP contribution >= 0.6 is 0 Å². The Labute approximate surface area is 125 Å². The molecule has 0 unspecified atom stereocenters. The molecule has 0 aliphatic carbocycles. The maximum atomic E-state index is 6.41. The van der Waals surface area contributed by atoms with Crippen molar-refractivity contribution in [1.29, 1.82) is 0 Å². The lowest BCUT2D eigenvalue weighted by molar-refractivity contribution is 0.374. The van der Waals surface area contributed by atoms with Crippen molar-refractivity contribution in [1.82, 2.24) is 19.3 Å². The van der Waals surface area contributed by atoms with Gasteiger partial charge in [-0.2, -0.15) is 5.10 Å². The third kappa shape index (κ3) is 2.39. The van der Waals surface area contributed by atoms with Crippen molar-refractivity contribution in [3.8, 4) is 17.1 Å². The van der Waals surface area contributed by atoms with E-state index >= 15 is 0 Å². The number of methoxy groups -OCH3 is 1. The van der Waals surface area contributed by atoms with Crippen LogP contribution in [0.2, 0.25) is 0 Å². The van der Waals surface area contributed by atoms with Gasteiger partial charge in [-0.3, -0.25) is 0 Å². The van der Waals surface area contributed by atoms with Crippen LogP contribution in [-0.4, -0.2) is 26.4 Å². The summed E-state index contributed by atoms with van der Waals surface area (Å²) < 4.78 is 9.28.